The average Bonchev–Trinajstić information content (AvgIpc) is 2.34. The topological polar surface area (TPSA) is 61.4 Å². The van der Waals surface area contributed by atoms with Crippen molar-refractivity contribution < 1.29 is 9.59 Å². The van der Waals surface area contributed by atoms with E-state index >= 15 is 0 Å². The number of nitrogens with zero attached hydrogens (tertiary/aromatic N) is 1. The van der Waals surface area contributed by atoms with E-state index in [-0.39, 0.29) is 11.9 Å². The number of rotatable bonds is 4. The van der Waals surface area contributed by atoms with Gasteiger partial charge >= 0.3 is 6.03 Å². The molecule has 0 spiro atoms. The van der Waals surface area contributed by atoms with Gasteiger partial charge in [-0.05, 0) is 13.0 Å². The molecule has 0 bridgehead atoms. The fourth-order valence-corrected chi connectivity index (χ4v) is 1.23. The van der Waals surface area contributed by atoms with Crippen LogP contribution in [0.3, 0.4) is 0 Å². The standard InChI is InChI=1S/C13H17N3O2/c1-3-4-5-6-7-8-12(17)14-11-9-10-16(2)13(18)15-11/h3-11H,1-2H3,(H,14,17)(H,15,18)/b4-3-,6-5-,8-7+. The largest absolute Gasteiger partial charge is 0.329 e. The van der Waals surface area contributed by atoms with Crippen LogP contribution in [0.25, 0.3) is 0 Å². The molecular formula is C13H17N3O2. The Morgan fingerprint density at radius 2 is 2.11 bits per heavy atom. The van der Waals surface area contributed by atoms with Crippen molar-refractivity contribution in [3.63, 3.8) is 0 Å². The molecule has 0 radical (unpaired) electrons. The Morgan fingerprint density at radius 3 is 2.78 bits per heavy atom. The lowest BCUT2D eigenvalue weighted by Crippen LogP contribution is -2.52. The molecule has 5 nitrogen and oxygen atoms in total. The molecule has 1 unspecified atom stereocenters. The fourth-order valence-electron chi connectivity index (χ4n) is 1.23. The third kappa shape index (κ3) is 4.69. The highest BCUT2D eigenvalue weighted by Crippen LogP contribution is 1.97. The second kappa shape index (κ2) is 7.11. The van der Waals surface area contributed by atoms with Crippen LogP contribution in [0, 0.1) is 0 Å². The molecule has 1 heterocycles. The molecule has 0 fully saturated rings. The van der Waals surface area contributed by atoms with Crippen molar-refractivity contribution in [2.75, 3.05) is 7.05 Å². The number of hydrogen-bond donors (Lipinski definition) is 2. The Labute approximate surface area is 107 Å². The highest BCUT2D eigenvalue weighted by atomic mass is 16.2. The van der Waals surface area contributed by atoms with Crippen molar-refractivity contribution in [3.8, 4) is 0 Å². The van der Waals surface area contributed by atoms with Gasteiger partial charge in [0, 0.05) is 19.3 Å². The number of nitrogens with one attached hydrogen (secondary N) is 2. The van der Waals surface area contributed by atoms with Crippen LogP contribution < -0.4 is 10.6 Å². The van der Waals surface area contributed by atoms with Gasteiger partial charge in [0.1, 0.15) is 6.17 Å². The lowest BCUT2D eigenvalue weighted by atomic mass is 10.3. The van der Waals surface area contributed by atoms with Crippen molar-refractivity contribution in [2.45, 2.75) is 13.1 Å². The number of allylic oxidation sites excluding steroid dienone is 5. The summed E-state index contributed by atoms with van der Waals surface area (Å²) in [6.45, 7) is 1.91. The summed E-state index contributed by atoms with van der Waals surface area (Å²) in [6.07, 6.45) is 13.2. The number of urea groups is 1. The lowest BCUT2D eigenvalue weighted by Gasteiger charge is -2.24. The highest BCUT2D eigenvalue weighted by molar-refractivity contribution is 5.88. The number of carbonyl (C=O) groups excluding carboxylic acids is 2. The lowest BCUT2D eigenvalue weighted by molar-refractivity contribution is -0.117. The van der Waals surface area contributed by atoms with E-state index in [0.717, 1.165) is 0 Å². The molecule has 0 aromatic carbocycles. The first kappa shape index (κ1) is 13.8. The van der Waals surface area contributed by atoms with Crippen LogP contribution in [0.5, 0.6) is 0 Å². The monoisotopic (exact) mass is 247 g/mol. The van der Waals surface area contributed by atoms with E-state index in [1.807, 2.05) is 25.2 Å². The first-order chi connectivity index (χ1) is 8.63. The second-order valence-corrected chi connectivity index (χ2v) is 3.66. The van der Waals surface area contributed by atoms with Crippen LogP contribution in [-0.2, 0) is 4.79 Å². The van der Waals surface area contributed by atoms with Gasteiger partial charge in [-0.15, -0.1) is 0 Å². The molecule has 1 atom stereocenters. The molecule has 1 rings (SSSR count). The van der Waals surface area contributed by atoms with Crippen molar-refractivity contribution >= 4 is 11.9 Å². The van der Waals surface area contributed by atoms with Gasteiger partial charge < -0.3 is 15.5 Å². The summed E-state index contributed by atoms with van der Waals surface area (Å²) in [6, 6.07) is -0.250. The maximum absolute atomic E-state index is 11.5. The minimum Gasteiger partial charge on any atom is -0.329 e. The third-order valence-corrected chi connectivity index (χ3v) is 2.17. The zero-order valence-corrected chi connectivity index (χ0v) is 10.5. The second-order valence-electron chi connectivity index (χ2n) is 3.66. The Morgan fingerprint density at radius 1 is 1.39 bits per heavy atom. The molecule has 0 aromatic rings. The van der Waals surface area contributed by atoms with Crippen LogP contribution >= 0.6 is 0 Å². The molecule has 0 aliphatic carbocycles. The highest BCUT2D eigenvalue weighted by Gasteiger charge is 2.17. The molecule has 18 heavy (non-hydrogen) atoms. The predicted molar refractivity (Wildman–Crippen MR) is 70.5 cm³/mol. The maximum Gasteiger partial charge on any atom is 0.322 e. The van der Waals surface area contributed by atoms with Gasteiger partial charge in [-0.1, -0.05) is 30.4 Å². The first-order valence-corrected chi connectivity index (χ1v) is 5.61. The first-order valence-electron chi connectivity index (χ1n) is 5.61. The van der Waals surface area contributed by atoms with Crippen molar-refractivity contribution in [2.24, 2.45) is 0 Å². The summed E-state index contributed by atoms with van der Waals surface area (Å²) in [5.41, 5.74) is 0. The zero-order chi connectivity index (χ0) is 13.4. The van der Waals surface area contributed by atoms with Gasteiger partial charge in [-0.3, -0.25) is 4.79 Å². The van der Waals surface area contributed by atoms with Crippen molar-refractivity contribution in [1.82, 2.24) is 15.5 Å². The van der Waals surface area contributed by atoms with Crippen LogP contribution in [0.2, 0.25) is 0 Å². The van der Waals surface area contributed by atoms with E-state index in [1.54, 1.807) is 31.5 Å². The minimum atomic E-state index is -0.467. The Hall–Kier alpha value is -2.30. The molecule has 0 saturated carbocycles. The molecule has 3 amide bonds. The molecule has 2 N–H and O–H groups in total. The molecular weight excluding hydrogens is 230 g/mol. The van der Waals surface area contributed by atoms with Gasteiger partial charge in [-0.25, -0.2) is 4.79 Å². The van der Waals surface area contributed by atoms with Crippen LogP contribution in [-0.4, -0.2) is 30.1 Å². The van der Waals surface area contributed by atoms with Gasteiger partial charge in [0.2, 0.25) is 5.91 Å². The van der Waals surface area contributed by atoms with E-state index in [4.69, 9.17) is 0 Å². The summed E-state index contributed by atoms with van der Waals surface area (Å²) >= 11 is 0. The van der Waals surface area contributed by atoms with E-state index in [0.29, 0.717) is 0 Å². The fraction of sp³-hybridized carbons (Fsp3) is 0.231. The van der Waals surface area contributed by atoms with Crippen molar-refractivity contribution in [1.29, 1.82) is 0 Å². The van der Waals surface area contributed by atoms with Gasteiger partial charge in [-0.2, -0.15) is 0 Å². The van der Waals surface area contributed by atoms with E-state index < -0.39 is 6.17 Å². The normalized spacial score (nSPS) is 20.0. The molecule has 1 aliphatic rings. The zero-order valence-electron chi connectivity index (χ0n) is 10.5. The predicted octanol–water partition coefficient (Wildman–Crippen LogP) is 1.29. The number of amides is 3. The third-order valence-electron chi connectivity index (χ3n) is 2.17. The van der Waals surface area contributed by atoms with E-state index in [1.165, 1.54) is 11.0 Å². The van der Waals surface area contributed by atoms with Crippen LogP contribution in [0.1, 0.15) is 6.92 Å². The van der Waals surface area contributed by atoms with Gasteiger partial charge in [0.15, 0.2) is 0 Å². The minimum absolute atomic E-state index is 0.250. The summed E-state index contributed by atoms with van der Waals surface area (Å²) in [5, 5.41) is 5.25. The molecule has 0 aromatic heterocycles. The summed E-state index contributed by atoms with van der Waals surface area (Å²) in [4.78, 5) is 24.2. The van der Waals surface area contributed by atoms with Gasteiger partial charge in [0.25, 0.3) is 0 Å². The average molecular weight is 247 g/mol. The number of hydrogen-bond acceptors (Lipinski definition) is 2. The quantitative estimate of drug-likeness (QED) is 0.581. The van der Waals surface area contributed by atoms with E-state index in [9.17, 15) is 9.59 Å². The number of carbonyl (C=O) groups is 2. The molecule has 1 aliphatic heterocycles. The van der Waals surface area contributed by atoms with Crippen LogP contribution in [0.15, 0.2) is 48.7 Å². The smallest absolute Gasteiger partial charge is 0.322 e. The van der Waals surface area contributed by atoms with Crippen LogP contribution in [0.4, 0.5) is 4.79 Å². The summed E-state index contributed by atoms with van der Waals surface area (Å²) < 4.78 is 0. The van der Waals surface area contributed by atoms with Gasteiger partial charge in [0.05, 0.1) is 0 Å². The summed E-state index contributed by atoms with van der Waals surface area (Å²) in [5.74, 6) is -0.264. The SMILES string of the molecule is C\C=C/C=C\C=C\C(=O)NC1C=CN(C)C(=O)N1. The molecule has 0 saturated heterocycles. The Bertz CT molecular complexity index is 422. The summed E-state index contributed by atoms with van der Waals surface area (Å²) in [7, 11) is 1.63. The molecule has 5 heteroatoms. The molecule has 96 valence electrons. The van der Waals surface area contributed by atoms with E-state index in [2.05, 4.69) is 10.6 Å². The Kier molecular flexibility index (Phi) is 5.44. The van der Waals surface area contributed by atoms with Crippen molar-refractivity contribution in [3.05, 3.63) is 48.7 Å². The maximum atomic E-state index is 11.5. The Balaban J connectivity index is 2.41.